The predicted octanol–water partition coefficient (Wildman–Crippen LogP) is 2.27. The van der Waals surface area contributed by atoms with E-state index in [1.54, 1.807) is 11.3 Å². The van der Waals surface area contributed by atoms with Gasteiger partial charge in [-0.05, 0) is 44.4 Å². The van der Waals surface area contributed by atoms with E-state index in [1.165, 1.54) is 24.8 Å². The molecule has 1 aromatic rings. The average Bonchev–Trinajstić information content (AvgIpc) is 3.01. The minimum Gasteiger partial charge on any atom is -0.468 e. The Morgan fingerprint density at radius 1 is 1.62 bits per heavy atom. The third-order valence-corrected chi connectivity index (χ3v) is 3.86. The van der Waals surface area contributed by atoms with Crippen molar-refractivity contribution < 1.29 is 9.53 Å². The highest BCUT2D eigenvalue weighted by Gasteiger charge is 2.27. The summed E-state index contributed by atoms with van der Waals surface area (Å²) in [6, 6.07) is 3.75. The second kappa shape index (κ2) is 4.97. The van der Waals surface area contributed by atoms with Crippen molar-refractivity contribution in [1.82, 2.24) is 5.32 Å². The lowest BCUT2D eigenvalue weighted by molar-refractivity contribution is -0.143. The van der Waals surface area contributed by atoms with E-state index >= 15 is 0 Å². The normalized spacial score (nSPS) is 17.1. The van der Waals surface area contributed by atoms with E-state index in [4.69, 9.17) is 4.74 Å². The Hall–Kier alpha value is -0.870. The Kier molecular flexibility index (Phi) is 3.61. The number of aryl methyl sites for hydroxylation is 1. The van der Waals surface area contributed by atoms with E-state index in [9.17, 15) is 4.79 Å². The summed E-state index contributed by atoms with van der Waals surface area (Å²) in [5, 5.41) is 3.30. The van der Waals surface area contributed by atoms with Crippen LogP contribution in [0.1, 0.15) is 28.6 Å². The van der Waals surface area contributed by atoms with Crippen LogP contribution in [-0.4, -0.2) is 19.6 Å². The monoisotopic (exact) mass is 239 g/mol. The van der Waals surface area contributed by atoms with Crippen LogP contribution in [0.25, 0.3) is 0 Å². The van der Waals surface area contributed by atoms with Gasteiger partial charge in [0.1, 0.15) is 6.04 Å². The molecule has 0 radical (unpaired) electrons. The van der Waals surface area contributed by atoms with E-state index in [0.717, 1.165) is 17.3 Å². The molecule has 1 atom stereocenters. The van der Waals surface area contributed by atoms with Crippen molar-refractivity contribution in [2.45, 2.75) is 25.8 Å². The van der Waals surface area contributed by atoms with Gasteiger partial charge in [0.25, 0.3) is 0 Å². The van der Waals surface area contributed by atoms with Crippen LogP contribution in [0.15, 0.2) is 12.1 Å². The highest BCUT2D eigenvalue weighted by molar-refractivity contribution is 7.12. The summed E-state index contributed by atoms with van der Waals surface area (Å²) < 4.78 is 4.83. The molecule has 4 heteroatoms. The lowest BCUT2D eigenvalue weighted by Crippen LogP contribution is -2.30. The van der Waals surface area contributed by atoms with Crippen molar-refractivity contribution in [2.24, 2.45) is 5.92 Å². The van der Waals surface area contributed by atoms with Gasteiger partial charge in [0.05, 0.1) is 7.11 Å². The maximum atomic E-state index is 11.7. The van der Waals surface area contributed by atoms with Crippen LogP contribution in [0.4, 0.5) is 0 Å². The first-order chi connectivity index (χ1) is 7.70. The molecule has 0 aliphatic heterocycles. The minimum absolute atomic E-state index is 0.192. The molecule has 0 saturated heterocycles. The Morgan fingerprint density at radius 2 is 2.38 bits per heavy atom. The maximum absolute atomic E-state index is 11.7. The summed E-state index contributed by atoms with van der Waals surface area (Å²) in [5.74, 6) is 0.565. The van der Waals surface area contributed by atoms with Gasteiger partial charge in [0.2, 0.25) is 0 Å². The number of nitrogens with one attached hydrogen (secondary N) is 1. The summed E-state index contributed by atoms with van der Waals surface area (Å²) in [7, 11) is 1.44. The van der Waals surface area contributed by atoms with Crippen molar-refractivity contribution in [3.63, 3.8) is 0 Å². The second-order valence-corrected chi connectivity index (χ2v) is 5.58. The Morgan fingerprint density at radius 3 is 2.88 bits per heavy atom. The van der Waals surface area contributed by atoms with Crippen LogP contribution >= 0.6 is 11.3 Å². The van der Waals surface area contributed by atoms with Gasteiger partial charge < -0.3 is 4.74 Å². The summed E-state index contributed by atoms with van der Waals surface area (Å²) >= 11 is 1.65. The van der Waals surface area contributed by atoms with Crippen molar-refractivity contribution >= 4 is 17.3 Å². The van der Waals surface area contributed by atoms with E-state index in [2.05, 4.69) is 5.32 Å². The standard InChI is InChI=1S/C12H17NO2S/c1-8-3-6-10(16-8)11(12(14)15-2)13-7-9-4-5-9/h3,6,9,11,13H,4-5,7H2,1-2H3. The van der Waals surface area contributed by atoms with E-state index in [-0.39, 0.29) is 12.0 Å². The third-order valence-electron chi connectivity index (χ3n) is 2.79. The van der Waals surface area contributed by atoms with Gasteiger partial charge in [-0.15, -0.1) is 11.3 Å². The highest BCUT2D eigenvalue weighted by atomic mass is 32.1. The molecule has 1 aliphatic rings. The second-order valence-electron chi connectivity index (χ2n) is 4.26. The minimum atomic E-state index is -0.288. The summed E-state index contributed by atoms with van der Waals surface area (Å²) in [5.41, 5.74) is 0. The smallest absolute Gasteiger partial charge is 0.328 e. The molecule has 0 amide bonds. The van der Waals surface area contributed by atoms with Crippen molar-refractivity contribution in [3.8, 4) is 0 Å². The molecule has 0 aromatic carbocycles. The Balaban J connectivity index is 2.03. The first kappa shape index (κ1) is 11.6. The van der Waals surface area contributed by atoms with Gasteiger partial charge in [-0.1, -0.05) is 0 Å². The zero-order chi connectivity index (χ0) is 11.5. The number of thiophene rings is 1. The Labute approximate surface area is 99.8 Å². The number of esters is 1. The quantitative estimate of drug-likeness (QED) is 0.801. The van der Waals surface area contributed by atoms with Crippen LogP contribution in [0.3, 0.4) is 0 Å². The van der Waals surface area contributed by atoms with E-state index in [1.807, 2.05) is 19.1 Å². The molecule has 0 bridgehead atoms. The number of methoxy groups -OCH3 is 1. The van der Waals surface area contributed by atoms with Crippen LogP contribution in [0, 0.1) is 12.8 Å². The molecule has 1 unspecified atom stereocenters. The number of rotatable bonds is 5. The molecule has 16 heavy (non-hydrogen) atoms. The van der Waals surface area contributed by atoms with Gasteiger partial charge >= 0.3 is 5.97 Å². The molecule has 2 rings (SSSR count). The van der Waals surface area contributed by atoms with E-state index in [0.29, 0.717) is 0 Å². The largest absolute Gasteiger partial charge is 0.468 e. The zero-order valence-electron chi connectivity index (χ0n) is 9.66. The molecule has 3 nitrogen and oxygen atoms in total. The summed E-state index contributed by atoms with van der Waals surface area (Å²) in [6.45, 7) is 2.96. The summed E-state index contributed by atoms with van der Waals surface area (Å²) in [4.78, 5) is 13.9. The Bertz CT molecular complexity index is 371. The molecule has 0 spiro atoms. The molecule has 1 fully saturated rings. The number of hydrogen-bond donors (Lipinski definition) is 1. The average molecular weight is 239 g/mol. The van der Waals surface area contributed by atoms with E-state index < -0.39 is 0 Å². The lowest BCUT2D eigenvalue weighted by Gasteiger charge is -2.14. The molecule has 1 aromatic heterocycles. The molecule has 1 N–H and O–H groups in total. The highest BCUT2D eigenvalue weighted by Crippen LogP contribution is 2.30. The van der Waals surface area contributed by atoms with Crippen molar-refractivity contribution in [3.05, 3.63) is 21.9 Å². The number of carbonyl (C=O) groups excluding carboxylic acids is 1. The topological polar surface area (TPSA) is 38.3 Å². The molecule has 1 saturated carbocycles. The van der Waals surface area contributed by atoms with Gasteiger partial charge in [-0.3, -0.25) is 5.32 Å². The SMILES string of the molecule is COC(=O)C(NCC1CC1)c1ccc(C)s1. The first-order valence-electron chi connectivity index (χ1n) is 5.58. The fraction of sp³-hybridized carbons (Fsp3) is 0.583. The van der Waals surface area contributed by atoms with Crippen LogP contribution < -0.4 is 5.32 Å². The van der Waals surface area contributed by atoms with Gasteiger partial charge in [-0.25, -0.2) is 4.79 Å². The van der Waals surface area contributed by atoms with Crippen LogP contribution in [0.2, 0.25) is 0 Å². The number of carbonyl (C=O) groups is 1. The molecular formula is C12H17NO2S. The van der Waals surface area contributed by atoms with Crippen molar-refractivity contribution in [1.29, 1.82) is 0 Å². The van der Waals surface area contributed by atoms with Crippen LogP contribution in [0.5, 0.6) is 0 Å². The predicted molar refractivity (Wildman–Crippen MR) is 64.5 cm³/mol. The zero-order valence-corrected chi connectivity index (χ0v) is 10.5. The third kappa shape index (κ3) is 2.83. The van der Waals surface area contributed by atoms with Crippen LogP contribution in [-0.2, 0) is 9.53 Å². The van der Waals surface area contributed by atoms with Gasteiger partial charge in [-0.2, -0.15) is 0 Å². The molecule has 88 valence electrons. The fourth-order valence-electron chi connectivity index (χ4n) is 1.63. The molecular weight excluding hydrogens is 222 g/mol. The lowest BCUT2D eigenvalue weighted by atomic mass is 10.2. The molecule has 1 heterocycles. The summed E-state index contributed by atoms with van der Waals surface area (Å²) in [6.07, 6.45) is 2.56. The van der Waals surface area contributed by atoms with Gasteiger partial charge in [0, 0.05) is 9.75 Å². The first-order valence-corrected chi connectivity index (χ1v) is 6.40. The van der Waals surface area contributed by atoms with Crippen molar-refractivity contribution in [2.75, 3.05) is 13.7 Å². The maximum Gasteiger partial charge on any atom is 0.328 e. The van der Waals surface area contributed by atoms with Gasteiger partial charge in [0.15, 0.2) is 0 Å². The number of ether oxygens (including phenoxy) is 1. The fourth-order valence-corrected chi connectivity index (χ4v) is 2.57. The number of hydrogen-bond acceptors (Lipinski definition) is 4. The molecule has 1 aliphatic carbocycles.